The Kier molecular flexibility index (Phi) is 3.23. The van der Waals surface area contributed by atoms with Crippen LogP contribution in [0.3, 0.4) is 0 Å². The van der Waals surface area contributed by atoms with Crippen molar-refractivity contribution >= 4 is 17.6 Å². The van der Waals surface area contributed by atoms with E-state index in [1.807, 2.05) is 0 Å². The highest BCUT2D eigenvalue weighted by Crippen LogP contribution is 1.98. The third-order valence-corrected chi connectivity index (χ3v) is 1.29. The number of carboxylic acids is 1. The predicted molar refractivity (Wildman–Crippen MR) is 46.2 cm³/mol. The number of halogens is 1. The first kappa shape index (κ1) is 9.49. The van der Waals surface area contributed by atoms with E-state index in [4.69, 9.17) is 16.7 Å². The molecule has 0 spiro atoms. The number of aliphatic carboxylic acids is 1. The van der Waals surface area contributed by atoms with Crippen molar-refractivity contribution in [3.63, 3.8) is 0 Å². The third kappa shape index (κ3) is 3.54. The molecule has 0 aromatic carbocycles. The molecule has 0 amide bonds. The average Bonchev–Trinajstić information content (AvgIpc) is 2.08. The van der Waals surface area contributed by atoms with E-state index in [-0.39, 0.29) is 11.7 Å². The van der Waals surface area contributed by atoms with Crippen LogP contribution in [-0.4, -0.2) is 21.0 Å². The van der Waals surface area contributed by atoms with Gasteiger partial charge in [-0.15, -0.1) is 0 Å². The maximum absolute atomic E-state index is 10.1. The van der Waals surface area contributed by atoms with Crippen LogP contribution in [0, 0.1) is 11.8 Å². The Morgan fingerprint density at radius 3 is 2.69 bits per heavy atom. The molecule has 0 atom stereocenters. The largest absolute Gasteiger partial charge is 0.481 e. The highest BCUT2D eigenvalue weighted by atomic mass is 35.5. The maximum Gasteiger partial charge on any atom is 0.315 e. The van der Waals surface area contributed by atoms with Crippen LogP contribution in [0.15, 0.2) is 12.4 Å². The van der Waals surface area contributed by atoms with Gasteiger partial charge >= 0.3 is 5.97 Å². The fourth-order valence-electron chi connectivity index (χ4n) is 0.599. The molecule has 1 aromatic heterocycles. The van der Waals surface area contributed by atoms with Crippen molar-refractivity contribution in [2.24, 2.45) is 0 Å². The summed E-state index contributed by atoms with van der Waals surface area (Å²) in [5.74, 6) is 4.08. The zero-order chi connectivity index (χ0) is 9.68. The van der Waals surface area contributed by atoms with E-state index in [2.05, 4.69) is 21.8 Å². The van der Waals surface area contributed by atoms with Gasteiger partial charge in [0.2, 0.25) is 5.28 Å². The van der Waals surface area contributed by atoms with Crippen LogP contribution in [0.5, 0.6) is 0 Å². The molecule has 66 valence electrons. The monoisotopic (exact) mass is 196 g/mol. The van der Waals surface area contributed by atoms with Crippen LogP contribution < -0.4 is 0 Å². The van der Waals surface area contributed by atoms with Crippen LogP contribution in [-0.2, 0) is 4.79 Å². The Morgan fingerprint density at radius 2 is 2.15 bits per heavy atom. The SMILES string of the molecule is O=C(O)CC#Cc1cnc(Cl)nc1. The van der Waals surface area contributed by atoms with Gasteiger partial charge in [-0.25, -0.2) is 9.97 Å². The van der Waals surface area contributed by atoms with Crippen molar-refractivity contribution in [2.75, 3.05) is 0 Å². The summed E-state index contributed by atoms with van der Waals surface area (Å²) >= 11 is 5.43. The van der Waals surface area contributed by atoms with Crippen molar-refractivity contribution in [1.82, 2.24) is 9.97 Å². The fraction of sp³-hybridized carbons (Fsp3) is 0.125. The van der Waals surface area contributed by atoms with Crippen molar-refractivity contribution in [3.8, 4) is 11.8 Å². The summed E-state index contributed by atoms with van der Waals surface area (Å²) in [5.41, 5.74) is 0.547. The molecule has 0 bridgehead atoms. The summed E-state index contributed by atoms with van der Waals surface area (Å²) < 4.78 is 0. The van der Waals surface area contributed by atoms with Crippen molar-refractivity contribution in [3.05, 3.63) is 23.2 Å². The number of rotatable bonds is 1. The van der Waals surface area contributed by atoms with Gasteiger partial charge in [0.15, 0.2) is 0 Å². The lowest BCUT2D eigenvalue weighted by Gasteiger charge is -1.87. The molecule has 1 rings (SSSR count). The standard InChI is InChI=1S/C8H5ClN2O2/c9-8-10-4-6(5-11-8)2-1-3-7(12)13/h4-5H,3H2,(H,12,13). The molecule has 0 radical (unpaired) electrons. The molecule has 1 aromatic rings. The van der Waals surface area contributed by atoms with Gasteiger partial charge in [-0.3, -0.25) is 4.79 Å². The Bertz CT molecular complexity index is 364. The zero-order valence-electron chi connectivity index (χ0n) is 6.49. The number of carboxylic acid groups (broad SMARTS) is 1. The quantitative estimate of drug-likeness (QED) is 0.537. The highest BCUT2D eigenvalue weighted by molar-refractivity contribution is 6.28. The Balaban J connectivity index is 2.67. The molecule has 0 fully saturated rings. The molecule has 0 saturated heterocycles. The topological polar surface area (TPSA) is 63.1 Å². The van der Waals surface area contributed by atoms with Gasteiger partial charge in [0.25, 0.3) is 0 Å². The second kappa shape index (κ2) is 4.43. The Morgan fingerprint density at radius 1 is 1.54 bits per heavy atom. The Hall–Kier alpha value is -1.60. The summed E-state index contributed by atoms with van der Waals surface area (Å²) in [6, 6.07) is 0. The van der Waals surface area contributed by atoms with Gasteiger partial charge in [0.1, 0.15) is 6.42 Å². The normalized spacial score (nSPS) is 8.69. The van der Waals surface area contributed by atoms with Gasteiger partial charge in [-0.1, -0.05) is 11.8 Å². The van der Waals surface area contributed by atoms with Gasteiger partial charge in [0, 0.05) is 12.4 Å². The van der Waals surface area contributed by atoms with E-state index in [0.29, 0.717) is 5.56 Å². The van der Waals surface area contributed by atoms with Crippen LogP contribution in [0.2, 0.25) is 5.28 Å². The molecule has 1 N–H and O–H groups in total. The van der Waals surface area contributed by atoms with Crippen LogP contribution in [0.25, 0.3) is 0 Å². The van der Waals surface area contributed by atoms with Gasteiger partial charge in [-0.05, 0) is 11.6 Å². The molecule has 5 heteroatoms. The average molecular weight is 197 g/mol. The summed E-state index contributed by atoms with van der Waals surface area (Å²) in [7, 11) is 0. The smallest absolute Gasteiger partial charge is 0.315 e. The van der Waals surface area contributed by atoms with Crippen molar-refractivity contribution in [2.45, 2.75) is 6.42 Å². The number of hydrogen-bond donors (Lipinski definition) is 1. The molecular weight excluding hydrogens is 192 g/mol. The molecular formula is C8H5ClN2O2. The molecule has 0 unspecified atom stereocenters. The second-order valence-electron chi connectivity index (χ2n) is 2.11. The van der Waals surface area contributed by atoms with Gasteiger partial charge in [0.05, 0.1) is 5.56 Å². The fourth-order valence-corrected chi connectivity index (χ4v) is 0.696. The van der Waals surface area contributed by atoms with Gasteiger partial charge < -0.3 is 5.11 Å². The van der Waals surface area contributed by atoms with Crippen molar-refractivity contribution < 1.29 is 9.90 Å². The van der Waals surface area contributed by atoms with Crippen LogP contribution in [0.1, 0.15) is 12.0 Å². The summed E-state index contributed by atoms with van der Waals surface area (Å²) in [5, 5.41) is 8.42. The molecule has 0 aliphatic rings. The van der Waals surface area contributed by atoms with E-state index < -0.39 is 5.97 Å². The van der Waals surface area contributed by atoms with Gasteiger partial charge in [-0.2, -0.15) is 0 Å². The molecule has 0 saturated carbocycles. The molecule has 4 nitrogen and oxygen atoms in total. The lowest BCUT2D eigenvalue weighted by molar-refractivity contribution is -0.135. The Labute approximate surface area is 79.6 Å². The van der Waals surface area contributed by atoms with E-state index in [9.17, 15) is 4.79 Å². The summed E-state index contributed by atoms with van der Waals surface area (Å²) in [6.07, 6.45) is 2.68. The van der Waals surface area contributed by atoms with Crippen LogP contribution in [0.4, 0.5) is 0 Å². The number of hydrogen-bond acceptors (Lipinski definition) is 3. The zero-order valence-corrected chi connectivity index (χ0v) is 7.25. The lowest BCUT2D eigenvalue weighted by Crippen LogP contribution is -1.90. The predicted octanol–water partition coefficient (Wildman–Crippen LogP) is 0.956. The first-order chi connectivity index (χ1) is 6.18. The first-order valence-electron chi connectivity index (χ1n) is 3.36. The van der Waals surface area contributed by atoms with Crippen molar-refractivity contribution in [1.29, 1.82) is 0 Å². The third-order valence-electron chi connectivity index (χ3n) is 1.09. The second-order valence-corrected chi connectivity index (χ2v) is 2.45. The number of carbonyl (C=O) groups is 1. The van der Waals surface area contributed by atoms with E-state index in [1.54, 1.807) is 0 Å². The van der Waals surface area contributed by atoms with E-state index >= 15 is 0 Å². The lowest BCUT2D eigenvalue weighted by atomic mass is 10.3. The number of aromatic nitrogens is 2. The minimum Gasteiger partial charge on any atom is -0.481 e. The molecule has 0 aliphatic carbocycles. The minimum absolute atomic E-state index is 0.142. The molecule has 1 heterocycles. The minimum atomic E-state index is -0.956. The highest BCUT2D eigenvalue weighted by Gasteiger charge is 1.91. The van der Waals surface area contributed by atoms with Crippen LogP contribution >= 0.6 is 11.6 Å². The summed E-state index contributed by atoms with van der Waals surface area (Å²) in [4.78, 5) is 17.5. The maximum atomic E-state index is 10.1. The molecule has 0 aliphatic heterocycles. The van der Waals surface area contributed by atoms with E-state index in [1.165, 1.54) is 12.4 Å². The summed E-state index contributed by atoms with van der Waals surface area (Å²) in [6.45, 7) is 0. The van der Waals surface area contributed by atoms with E-state index in [0.717, 1.165) is 0 Å². The molecule has 13 heavy (non-hydrogen) atoms. The first-order valence-corrected chi connectivity index (χ1v) is 3.74. The number of nitrogens with zero attached hydrogens (tertiary/aromatic N) is 2.